The number of aliphatic imine (C=N–C) groups is 1. The lowest BCUT2D eigenvalue weighted by Gasteiger charge is -2.26. The van der Waals surface area contributed by atoms with Crippen molar-refractivity contribution >= 4 is 67.5 Å². The van der Waals surface area contributed by atoms with Gasteiger partial charge in [0.25, 0.3) is 0 Å². The van der Waals surface area contributed by atoms with E-state index in [0.717, 1.165) is 79.1 Å². The molecule has 0 radical (unpaired) electrons. The van der Waals surface area contributed by atoms with E-state index >= 15 is 0 Å². The summed E-state index contributed by atoms with van der Waals surface area (Å²) >= 11 is 0. The van der Waals surface area contributed by atoms with E-state index in [1.54, 1.807) is 0 Å². The maximum atomic E-state index is 5.16. The predicted octanol–water partition coefficient (Wildman–Crippen LogP) is 16.8. The van der Waals surface area contributed by atoms with Crippen molar-refractivity contribution < 1.29 is 0 Å². The van der Waals surface area contributed by atoms with E-state index in [-0.39, 0.29) is 6.04 Å². The average Bonchev–Trinajstić information content (AvgIpc) is 3.76. The average molecular weight is 900 g/mol. The fraction of sp³-hybridized carbons (Fsp3) is 0.0308. The van der Waals surface area contributed by atoms with Crippen LogP contribution in [0.15, 0.2) is 272 Å². The molecule has 1 atom stereocenters. The molecule has 11 aromatic rings. The van der Waals surface area contributed by atoms with Crippen molar-refractivity contribution in [1.29, 1.82) is 0 Å². The quantitative estimate of drug-likeness (QED) is 0.140. The standard InChI is InChI=1S/C65H49N5/c1-46-42-55(36-39-58(46)47-32-34-49(35-33-47)62-45-61(48-20-8-2-9-21-48)66-65(67-62)50-22-10-3-11-23-50)70-63-40-37-56(68(51-24-12-4-13-25-51)52-26-14-5-15-27-52)43-59(63)60-44-57(38-41-64(60)70)69(53-28-16-6-17-29-53)54-30-18-7-19-31-54/h2-45,61H,1H3,(H,66,67). The number of para-hydroxylation sites is 4. The van der Waals surface area contributed by atoms with Gasteiger partial charge in [0.15, 0.2) is 0 Å². The summed E-state index contributed by atoms with van der Waals surface area (Å²) in [6.07, 6.45) is 2.23. The largest absolute Gasteiger partial charge is 0.359 e. The number of nitrogens with zero attached hydrogens (tertiary/aromatic N) is 4. The Morgan fingerprint density at radius 2 is 0.843 bits per heavy atom. The first-order valence-corrected chi connectivity index (χ1v) is 23.9. The highest BCUT2D eigenvalue weighted by atomic mass is 15.2. The van der Waals surface area contributed by atoms with E-state index in [1.165, 1.54) is 27.5 Å². The number of anilines is 6. The van der Waals surface area contributed by atoms with Gasteiger partial charge in [0.1, 0.15) is 5.84 Å². The molecule has 1 aliphatic rings. The summed E-state index contributed by atoms with van der Waals surface area (Å²) in [5.41, 5.74) is 17.8. The third-order valence-corrected chi connectivity index (χ3v) is 13.3. The zero-order valence-corrected chi connectivity index (χ0v) is 38.8. The Bertz CT molecular complexity index is 3440. The van der Waals surface area contributed by atoms with Crippen LogP contribution >= 0.6 is 0 Å². The summed E-state index contributed by atoms with van der Waals surface area (Å²) in [6, 6.07) is 93.1. The van der Waals surface area contributed by atoms with E-state index in [9.17, 15) is 0 Å². The number of nitrogens with one attached hydrogen (secondary N) is 1. The second-order valence-electron chi connectivity index (χ2n) is 17.7. The fourth-order valence-electron chi connectivity index (χ4n) is 9.97. The molecule has 334 valence electrons. The molecule has 5 heteroatoms. The molecule has 0 fully saturated rings. The first-order chi connectivity index (χ1) is 34.6. The molecule has 1 aliphatic heterocycles. The number of hydrogen-bond donors (Lipinski definition) is 1. The molecule has 2 heterocycles. The number of hydrogen-bond acceptors (Lipinski definition) is 4. The van der Waals surface area contributed by atoms with Crippen LogP contribution in [0.1, 0.15) is 28.3 Å². The second kappa shape index (κ2) is 18.5. The van der Waals surface area contributed by atoms with Crippen LogP contribution < -0.4 is 15.1 Å². The zero-order chi connectivity index (χ0) is 46.8. The van der Waals surface area contributed by atoms with Gasteiger partial charge in [-0.15, -0.1) is 0 Å². The Balaban J connectivity index is 0.960. The van der Waals surface area contributed by atoms with Gasteiger partial charge in [-0.3, -0.25) is 0 Å². The number of fused-ring (bicyclic) bond motifs is 3. The van der Waals surface area contributed by atoms with Crippen molar-refractivity contribution in [3.05, 3.63) is 289 Å². The van der Waals surface area contributed by atoms with Gasteiger partial charge in [-0.25, -0.2) is 4.99 Å². The predicted molar refractivity (Wildman–Crippen MR) is 294 cm³/mol. The maximum absolute atomic E-state index is 5.16. The van der Waals surface area contributed by atoms with Crippen molar-refractivity contribution in [1.82, 2.24) is 9.88 Å². The van der Waals surface area contributed by atoms with E-state index in [4.69, 9.17) is 4.99 Å². The van der Waals surface area contributed by atoms with E-state index in [2.05, 4.69) is 287 Å². The summed E-state index contributed by atoms with van der Waals surface area (Å²) in [7, 11) is 0. The van der Waals surface area contributed by atoms with Gasteiger partial charge in [-0.1, -0.05) is 164 Å². The first-order valence-electron chi connectivity index (χ1n) is 23.9. The van der Waals surface area contributed by atoms with E-state index in [1.807, 2.05) is 6.07 Å². The summed E-state index contributed by atoms with van der Waals surface area (Å²) in [4.78, 5) is 9.84. The molecule has 0 bridgehead atoms. The Kier molecular flexibility index (Phi) is 11.1. The van der Waals surface area contributed by atoms with Crippen LogP contribution in [-0.4, -0.2) is 10.4 Å². The fourth-order valence-corrected chi connectivity index (χ4v) is 9.97. The number of aryl methyl sites for hydroxylation is 1. The minimum absolute atomic E-state index is 0.00396. The minimum atomic E-state index is -0.00396. The van der Waals surface area contributed by atoms with Crippen molar-refractivity contribution in [3.63, 3.8) is 0 Å². The lowest BCUT2D eigenvalue weighted by atomic mass is 9.96. The number of benzene rings is 10. The van der Waals surface area contributed by atoms with Crippen LogP contribution in [0.3, 0.4) is 0 Å². The molecule has 1 aromatic heterocycles. The second-order valence-corrected chi connectivity index (χ2v) is 17.7. The van der Waals surface area contributed by atoms with Gasteiger partial charge < -0.3 is 19.7 Å². The molecule has 0 amide bonds. The minimum Gasteiger partial charge on any atom is -0.359 e. The Hall–Kier alpha value is -9.19. The number of aromatic nitrogens is 1. The molecule has 1 N–H and O–H groups in total. The molecule has 12 rings (SSSR count). The van der Waals surface area contributed by atoms with Crippen LogP contribution in [0.2, 0.25) is 0 Å². The van der Waals surface area contributed by atoms with Crippen LogP contribution in [0.5, 0.6) is 0 Å². The lowest BCUT2D eigenvalue weighted by molar-refractivity contribution is 0.781. The molecule has 10 aromatic carbocycles. The third-order valence-electron chi connectivity index (χ3n) is 13.3. The molecule has 5 nitrogen and oxygen atoms in total. The van der Waals surface area contributed by atoms with Gasteiger partial charge in [-0.05, 0) is 138 Å². The summed E-state index contributed by atoms with van der Waals surface area (Å²) < 4.78 is 2.43. The van der Waals surface area contributed by atoms with Crippen molar-refractivity contribution in [3.8, 4) is 16.8 Å². The summed E-state index contributed by atoms with van der Waals surface area (Å²) in [5.74, 6) is 0.870. The lowest BCUT2D eigenvalue weighted by Crippen LogP contribution is -2.31. The van der Waals surface area contributed by atoms with Crippen molar-refractivity contribution in [2.24, 2.45) is 4.99 Å². The molecule has 0 saturated carbocycles. The molecule has 1 unspecified atom stereocenters. The van der Waals surface area contributed by atoms with E-state index < -0.39 is 0 Å². The first kappa shape index (κ1) is 42.2. The Labute approximate surface area is 409 Å². The van der Waals surface area contributed by atoms with Gasteiger partial charge in [0.2, 0.25) is 0 Å². The molecule has 0 saturated heterocycles. The third kappa shape index (κ3) is 8.10. The highest BCUT2D eigenvalue weighted by Crippen LogP contribution is 2.43. The van der Waals surface area contributed by atoms with Crippen LogP contribution in [0, 0.1) is 6.92 Å². The van der Waals surface area contributed by atoms with Gasteiger partial charge in [-0.2, -0.15) is 0 Å². The smallest absolute Gasteiger partial charge is 0.134 e. The molecular formula is C65H49N5. The highest BCUT2D eigenvalue weighted by molar-refractivity contribution is 6.12. The zero-order valence-electron chi connectivity index (χ0n) is 38.8. The molecule has 70 heavy (non-hydrogen) atoms. The monoisotopic (exact) mass is 899 g/mol. The van der Waals surface area contributed by atoms with E-state index in [0.29, 0.717) is 0 Å². The molecule has 0 spiro atoms. The normalized spacial score (nSPS) is 13.4. The molecule has 0 aliphatic carbocycles. The Morgan fingerprint density at radius 3 is 1.31 bits per heavy atom. The maximum Gasteiger partial charge on any atom is 0.134 e. The van der Waals surface area contributed by atoms with Crippen molar-refractivity contribution in [2.75, 3.05) is 9.80 Å². The van der Waals surface area contributed by atoms with Crippen LogP contribution in [0.4, 0.5) is 34.1 Å². The number of amidine groups is 1. The van der Waals surface area contributed by atoms with Crippen LogP contribution in [0.25, 0.3) is 44.3 Å². The number of rotatable bonds is 11. The van der Waals surface area contributed by atoms with Crippen molar-refractivity contribution in [2.45, 2.75) is 13.0 Å². The van der Waals surface area contributed by atoms with Gasteiger partial charge in [0, 0.05) is 56.1 Å². The van der Waals surface area contributed by atoms with Gasteiger partial charge >= 0.3 is 0 Å². The Morgan fingerprint density at radius 1 is 0.400 bits per heavy atom. The molecular weight excluding hydrogens is 851 g/mol. The SMILES string of the molecule is Cc1cc(-n2c3ccc(N(c4ccccc4)c4ccccc4)cc3c3cc(N(c4ccccc4)c4ccccc4)ccc32)ccc1-c1ccc(C2=CC(c3ccccc3)NC(c3ccccc3)=N2)cc1. The summed E-state index contributed by atoms with van der Waals surface area (Å²) in [5, 5.41) is 6.02. The van der Waals surface area contributed by atoms with Gasteiger partial charge in [0.05, 0.1) is 22.8 Å². The highest BCUT2D eigenvalue weighted by Gasteiger charge is 2.22. The summed E-state index contributed by atoms with van der Waals surface area (Å²) in [6.45, 7) is 2.22. The topological polar surface area (TPSA) is 35.8 Å². The van der Waals surface area contributed by atoms with Crippen LogP contribution in [-0.2, 0) is 0 Å².